The first-order valence-electron chi connectivity index (χ1n) is 9.67. The van der Waals surface area contributed by atoms with Crippen LogP contribution in [0.15, 0.2) is 41.4 Å². The summed E-state index contributed by atoms with van der Waals surface area (Å²) in [6.45, 7) is 7.37. The summed E-state index contributed by atoms with van der Waals surface area (Å²) in [7, 11) is 6.93. The third kappa shape index (κ3) is 3.79. The first-order valence-corrected chi connectivity index (χ1v) is 11.8. The molecule has 0 radical (unpaired) electrons. The molecule has 0 atom stereocenters. The van der Waals surface area contributed by atoms with Crippen LogP contribution in [0, 0.1) is 6.92 Å². The van der Waals surface area contributed by atoms with Gasteiger partial charge in [-0.1, -0.05) is 38.4 Å². The maximum atomic E-state index is 5.42. The van der Waals surface area contributed by atoms with Gasteiger partial charge in [-0.2, -0.15) is 0 Å². The van der Waals surface area contributed by atoms with Crippen molar-refractivity contribution in [3.8, 4) is 22.6 Å². The van der Waals surface area contributed by atoms with Gasteiger partial charge in [-0.25, -0.2) is 0 Å². The molecule has 2 heterocycles. The summed E-state index contributed by atoms with van der Waals surface area (Å²) in [5.41, 5.74) is 6.13. The fourth-order valence-electron chi connectivity index (χ4n) is 3.71. The van der Waals surface area contributed by atoms with E-state index in [1.165, 1.54) is 32.8 Å². The minimum Gasteiger partial charge on any atom is -0.493 e. The zero-order valence-corrected chi connectivity index (χ0v) is 19.1. The number of ether oxygens (including phenoxy) is 2. The number of aryl methyl sites for hydroxylation is 1. The topological polar surface area (TPSA) is 42.8 Å². The van der Waals surface area contributed by atoms with Crippen molar-refractivity contribution in [2.24, 2.45) is 4.99 Å². The van der Waals surface area contributed by atoms with Crippen molar-refractivity contribution in [1.29, 1.82) is 0 Å². The van der Waals surface area contributed by atoms with Crippen LogP contribution >= 0.6 is 20.7 Å². The quantitative estimate of drug-likeness (QED) is 0.540. The zero-order valence-electron chi connectivity index (χ0n) is 17.5. The molecule has 0 amide bonds. The minimum atomic E-state index is -0.0874. The Morgan fingerprint density at radius 1 is 1.00 bits per heavy atom. The van der Waals surface area contributed by atoms with Gasteiger partial charge in [0.2, 0.25) is 0 Å². The molecule has 2 aromatic carbocycles. The summed E-state index contributed by atoms with van der Waals surface area (Å²) >= 11 is 0. The summed E-state index contributed by atoms with van der Waals surface area (Å²) in [5, 5.41) is 3.69. The van der Waals surface area contributed by atoms with E-state index in [-0.39, 0.29) is 5.54 Å². The number of fused-ring (bicyclic) bond motifs is 3. The Balaban J connectivity index is 1.66. The van der Waals surface area contributed by atoms with Crippen LogP contribution in [0.5, 0.6) is 11.5 Å². The molecule has 1 aliphatic rings. The Morgan fingerprint density at radius 2 is 1.79 bits per heavy atom. The largest absolute Gasteiger partial charge is 0.493 e. The summed E-state index contributed by atoms with van der Waals surface area (Å²) < 4.78 is 11.9. The summed E-state index contributed by atoms with van der Waals surface area (Å²) in [4.78, 5) is 6.36. The number of methoxy groups -OCH3 is 2. The molecule has 4 nitrogen and oxygen atoms in total. The highest BCUT2D eigenvalue weighted by Gasteiger charge is 2.33. The van der Waals surface area contributed by atoms with Crippen LogP contribution in [-0.4, -0.2) is 20.8 Å². The molecule has 0 saturated carbocycles. The normalized spacial score (nSPS) is 14.7. The van der Waals surface area contributed by atoms with Crippen LogP contribution in [-0.2, 0) is 12.0 Å². The van der Waals surface area contributed by atoms with Crippen molar-refractivity contribution < 1.29 is 9.47 Å². The van der Waals surface area contributed by atoms with Gasteiger partial charge in [0.1, 0.15) is 4.67 Å². The molecule has 0 aliphatic carbocycles. The van der Waals surface area contributed by atoms with E-state index in [0.29, 0.717) is 0 Å². The van der Waals surface area contributed by atoms with Gasteiger partial charge in [-0.15, -0.1) is 0 Å². The fraction of sp³-hybridized carbons (Fsp3) is 0.348. The predicted octanol–water partition coefficient (Wildman–Crippen LogP) is 5.61. The molecule has 0 spiro atoms. The van der Waals surface area contributed by atoms with Gasteiger partial charge >= 0.3 is 0 Å². The molecule has 6 heteroatoms. The van der Waals surface area contributed by atoms with Crippen LogP contribution in [0.1, 0.15) is 29.9 Å². The van der Waals surface area contributed by atoms with Gasteiger partial charge in [0.25, 0.3) is 0 Å². The number of benzene rings is 2. The Hall–Kier alpha value is -2.31. The van der Waals surface area contributed by atoms with E-state index in [4.69, 9.17) is 14.5 Å². The van der Waals surface area contributed by atoms with Gasteiger partial charge < -0.3 is 14.8 Å². The lowest BCUT2D eigenvalue weighted by molar-refractivity contribution is 0.354. The molecule has 29 heavy (non-hydrogen) atoms. The van der Waals surface area contributed by atoms with Gasteiger partial charge in [0, 0.05) is 23.4 Å². The lowest BCUT2D eigenvalue weighted by atomic mass is 9.89. The first kappa shape index (κ1) is 20.0. The Morgan fingerprint density at radius 3 is 2.55 bits per heavy atom. The van der Waals surface area contributed by atoms with Gasteiger partial charge in [0.05, 0.1) is 24.6 Å². The summed E-state index contributed by atoms with van der Waals surface area (Å²) in [6, 6.07) is 12.7. The summed E-state index contributed by atoms with van der Waals surface area (Å²) in [6.07, 6.45) is 0.861. The number of hydrogen-bond donors (Lipinski definition) is 1. The maximum Gasteiger partial charge on any atom is 0.160 e. The van der Waals surface area contributed by atoms with Crippen molar-refractivity contribution in [1.82, 2.24) is 0 Å². The van der Waals surface area contributed by atoms with Crippen molar-refractivity contribution in [2.45, 2.75) is 32.7 Å². The highest BCUT2D eigenvalue weighted by atomic mass is 32.9. The molecule has 0 bridgehead atoms. The second-order valence-electron chi connectivity index (χ2n) is 7.80. The van der Waals surface area contributed by atoms with Crippen LogP contribution in [0.25, 0.3) is 11.1 Å². The molecule has 1 aromatic heterocycles. The van der Waals surface area contributed by atoms with E-state index in [0.717, 1.165) is 29.1 Å². The molecular weight excluding hydrogens is 400 g/mol. The van der Waals surface area contributed by atoms with E-state index in [9.17, 15) is 0 Å². The Labute approximate surface area is 179 Å². The van der Waals surface area contributed by atoms with Crippen molar-refractivity contribution in [2.75, 3.05) is 26.1 Å². The van der Waals surface area contributed by atoms with Crippen LogP contribution in [0.4, 0.5) is 5.69 Å². The smallest absolute Gasteiger partial charge is 0.160 e. The highest BCUT2D eigenvalue weighted by Crippen LogP contribution is 2.45. The molecule has 1 N–H and O–H groups in total. The monoisotopic (exact) mass is 426 g/mol. The molecular formula is C23H26N2O2S2. The van der Waals surface area contributed by atoms with E-state index >= 15 is 0 Å². The van der Waals surface area contributed by atoms with Crippen molar-refractivity contribution >= 4 is 26.4 Å². The first-order chi connectivity index (χ1) is 13.9. The number of hydrogen-bond acceptors (Lipinski definition) is 6. The van der Waals surface area contributed by atoms with Crippen molar-refractivity contribution in [3.05, 3.63) is 57.1 Å². The van der Waals surface area contributed by atoms with Crippen LogP contribution in [0.2, 0.25) is 0 Å². The minimum absolute atomic E-state index is 0.0874. The second kappa shape index (κ2) is 7.84. The number of nitrogens with zero attached hydrogens (tertiary/aromatic N) is 1. The lowest BCUT2D eigenvalue weighted by Gasteiger charge is -2.33. The molecule has 0 fully saturated rings. The number of rotatable bonds is 5. The molecule has 152 valence electrons. The van der Waals surface area contributed by atoms with Crippen LogP contribution in [0.3, 0.4) is 0 Å². The highest BCUT2D eigenvalue weighted by molar-refractivity contribution is 7.68. The molecule has 3 aromatic rings. The van der Waals surface area contributed by atoms with E-state index in [2.05, 4.69) is 50.4 Å². The number of anilines is 1. The van der Waals surface area contributed by atoms with Gasteiger partial charge in [-0.3, -0.25) is 4.99 Å². The third-order valence-electron chi connectivity index (χ3n) is 5.21. The number of nitrogens with one attached hydrogen (secondary N) is 1. The molecule has 0 unspecified atom stereocenters. The Bertz CT molecular complexity index is 1110. The second-order valence-corrected chi connectivity index (χ2v) is 9.92. The van der Waals surface area contributed by atoms with E-state index in [1.807, 2.05) is 22.5 Å². The van der Waals surface area contributed by atoms with E-state index < -0.39 is 0 Å². The Kier molecular flexibility index (Phi) is 5.40. The SMILES string of the molecule is COc1ccc(CCN=c2ssc3c2-c2cc(C)ccc2NC3(C)C)cc1OC. The third-order valence-corrected chi connectivity index (χ3v) is 7.89. The van der Waals surface area contributed by atoms with Crippen molar-refractivity contribution in [3.63, 3.8) is 0 Å². The van der Waals surface area contributed by atoms with E-state index in [1.54, 1.807) is 24.6 Å². The molecule has 1 aliphatic heterocycles. The lowest BCUT2D eigenvalue weighted by Crippen LogP contribution is -2.31. The van der Waals surface area contributed by atoms with Crippen LogP contribution < -0.4 is 19.5 Å². The molecule has 0 saturated heterocycles. The average Bonchev–Trinajstić information content (AvgIpc) is 3.14. The fourth-order valence-corrected chi connectivity index (χ4v) is 6.70. The van der Waals surface area contributed by atoms with Gasteiger partial charge in [0.15, 0.2) is 11.5 Å². The zero-order chi connectivity index (χ0) is 20.6. The standard InChI is InChI=1S/C23H26N2O2S2/c1-14-6-8-17-16(12-14)20-21(23(2,3)25-17)28-29-22(20)24-11-10-15-7-9-18(26-4)19(13-15)27-5/h6-9,12-13,25H,10-11H2,1-5H3. The predicted molar refractivity (Wildman–Crippen MR) is 123 cm³/mol. The van der Waals surface area contributed by atoms with Gasteiger partial charge in [-0.05, 0) is 57.0 Å². The summed E-state index contributed by atoms with van der Waals surface area (Å²) in [5.74, 6) is 1.52. The maximum absolute atomic E-state index is 5.42. The average molecular weight is 427 g/mol. The molecule has 4 rings (SSSR count).